The highest BCUT2D eigenvalue weighted by Gasteiger charge is 2.13. The van der Waals surface area contributed by atoms with Gasteiger partial charge in [-0.2, -0.15) is 0 Å². The number of fused-ring (bicyclic) bond motifs is 1. The summed E-state index contributed by atoms with van der Waals surface area (Å²) in [7, 11) is 0. The maximum absolute atomic E-state index is 13.0. The molecule has 2 heterocycles. The van der Waals surface area contributed by atoms with E-state index in [2.05, 4.69) is 4.98 Å². The van der Waals surface area contributed by atoms with Crippen molar-refractivity contribution in [2.24, 2.45) is 0 Å². The number of thiazole rings is 1. The Bertz CT molecular complexity index is 979. The molecule has 0 N–H and O–H groups in total. The molecule has 6 heteroatoms. The highest BCUT2D eigenvalue weighted by atomic mass is 32.1. The zero-order valence-corrected chi connectivity index (χ0v) is 14.5. The minimum Gasteiger partial charge on any atom is -0.486 e. The van der Waals surface area contributed by atoms with Gasteiger partial charge in [-0.25, -0.2) is 9.37 Å². The van der Waals surface area contributed by atoms with Crippen LogP contribution >= 0.6 is 11.3 Å². The first-order valence-electron chi connectivity index (χ1n) is 8.02. The predicted octanol–water partition coefficient (Wildman–Crippen LogP) is 4.62. The third kappa shape index (κ3) is 3.50. The number of benzene rings is 2. The smallest absolute Gasteiger partial charge is 0.186 e. The van der Waals surface area contributed by atoms with Gasteiger partial charge in [-0.1, -0.05) is 0 Å². The number of hydrogen-bond acceptors (Lipinski definition) is 5. The van der Waals surface area contributed by atoms with E-state index in [4.69, 9.17) is 9.47 Å². The van der Waals surface area contributed by atoms with Crippen LogP contribution < -0.4 is 9.47 Å². The summed E-state index contributed by atoms with van der Waals surface area (Å²) in [5.74, 6) is 0.816. The summed E-state index contributed by atoms with van der Waals surface area (Å²) in [6.45, 7) is 0.992. The number of carbonyl (C=O) groups excluding carboxylic acids is 1. The normalized spacial score (nSPS) is 13.1. The molecular weight excluding hydrogens is 353 g/mol. The molecule has 0 saturated heterocycles. The van der Waals surface area contributed by atoms with Crippen LogP contribution in [0.5, 0.6) is 11.5 Å². The van der Waals surface area contributed by atoms with Gasteiger partial charge in [-0.05, 0) is 54.6 Å². The topological polar surface area (TPSA) is 48.4 Å². The van der Waals surface area contributed by atoms with E-state index in [9.17, 15) is 9.18 Å². The lowest BCUT2D eigenvalue weighted by Gasteiger charge is -2.18. The Kier molecular flexibility index (Phi) is 4.50. The summed E-state index contributed by atoms with van der Waals surface area (Å²) in [6, 6.07) is 11.3. The molecule has 26 heavy (non-hydrogen) atoms. The largest absolute Gasteiger partial charge is 0.486 e. The predicted molar refractivity (Wildman–Crippen MR) is 98.3 cm³/mol. The number of carbonyl (C=O) groups is 1. The zero-order chi connectivity index (χ0) is 17.9. The molecule has 0 spiro atoms. The molecule has 0 aliphatic carbocycles. The van der Waals surface area contributed by atoms with Crippen LogP contribution in [-0.2, 0) is 0 Å². The fourth-order valence-corrected chi connectivity index (χ4v) is 3.34. The van der Waals surface area contributed by atoms with Gasteiger partial charge >= 0.3 is 0 Å². The molecule has 1 aromatic heterocycles. The average molecular weight is 367 g/mol. The van der Waals surface area contributed by atoms with Crippen molar-refractivity contribution >= 4 is 23.2 Å². The SMILES string of the molecule is O=C(/C=C/c1csc(-c2ccc(F)cc2)n1)c1ccc2c(c1)OCCO2. The third-order valence-corrected chi connectivity index (χ3v) is 4.75. The quantitative estimate of drug-likeness (QED) is 0.499. The Balaban J connectivity index is 1.49. The molecule has 3 aromatic rings. The highest BCUT2D eigenvalue weighted by Crippen LogP contribution is 2.31. The summed E-state index contributed by atoms with van der Waals surface area (Å²) in [4.78, 5) is 16.8. The van der Waals surface area contributed by atoms with Gasteiger partial charge in [0.25, 0.3) is 0 Å². The van der Waals surface area contributed by atoms with Crippen molar-refractivity contribution in [2.75, 3.05) is 13.2 Å². The molecule has 1 aliphatic heterocycles. The Morgan fingerprint density at radius 1 is 1.08 bits per heavy atom. The molecule has 4 nitrogen and oxygen atoms in total. The average Bonchev–Trinajstić information content (AvgIpc) is 3.15. The van der Waals surface area contributed by atoms with Crippen molar-refractivity contribution in [2.45, 2.75) is 0 Å². The second-order valence-electron chi connectivity index (χ2n) is 5.64. The first-order valence-corrected chi connectivity index (χ1v) is 8.90. The van der Waals surface area contributed by atoms with Crippen molar-refractivity contribution < 1.29 is 18.7 Å². The van der Waals surface area contributed by atoms with Gasteiger partial charge in [-0.3, -0.25) is 4.79 Å². The second kappa shape index (κ2) is 7.09. The van der Waals surface area contributed by atoms with Gasteiger partial charge in [0, 0.05) is 16.5 Å². The van der Waals surface area contributed by atoms with Crippen LogP contribution in [0.2, 0.25) is 0 Å². The van der Waals surface area contributed by atoms with Crippen molar-refractivity contribution in [3.8, 4) is 22.1 Å². The fraction of sp³-hybridized carbons (Fsp3) is 0.100. The molecule has 130 valence electrons. The molecule has 1 aliphatic rings. The number of aromatic nitrogens is 1. The second-order valence-corrected chi connectivity index (χ2v) is 6.50. The Morgan fingerprint density at radius 3 is 2.65 bits per heavy atom. The van der Waals surface area contributed by atoms with Crippen LogP contribution in [0.25, 0.3) is 16.6 Å². The Labute approximate surface area is 153 Å². The molecule has 0 bridgehead atoms. The lowest BCUT2D eigenvalue weighted by Crippen LogP contribution is -2.15. The molecule has 4 rings (SSSR count). The number of halogens is 1. The number of allylic oxidation sites excluding steroid dienone is 1. The molecule has 0 amide bonds. The van der Waals surface area contributed by atoms with Gasteiger partial charge in [0.15, 0.2) is 17.3 Å². The van der Waals surface area contributed by atoms with Gasteiger partial charge in [0.1, 0.15) is 24.0 Å². The van der Waals surface area contributed by atoms with Gasteiger partial charge in [0.05, 0.1) is 5.69 Å². The minimum atomic E-state index is -0.282. The van der Waals surface area contributed by atoms with Crippen LogP contribution in [0, 0.1) is 5.82 Å². The molecular formula is C20H14FNO3S. The standard InChI is InChI=1S/C20H14FNO3S/c21-15-4-1-13(2-5-15)20-22-16(12-26-20)6-7-17(23)14-3-8-18-19(11-14)25-10-9-24-18/h1-8,11-12H,9-10H2/b7-6+. The summed E-state index contributed by atoms with van der Waals surface area (Å²) < 4.78 is 24.0. The molecule has 0 atom stereocenters. The van der Waals surface area contributed by atoms with Crippen LogP contribution in [0.1, 0.15) is 16.1 Å². The van der Waals surface area contributed by atoms with Gasteiger partial charge < -0.3 is 9.47 Å². The maximum Gasteiger partial charge on any atom is 0.186 e. The first kappa shape index (κ1) is 16.5. The molecule has 0 unspecified atom stereocenters. The number of ketones is 1. The van der Waals surface area contributed by atoms with Gasteiger partial charge in [0.2, 0.25) is 0 Å². The van der Waals surface area contributed by atoms with E-state index >= 15 is 0 Å². The van der Waals surface area contributed by atoms with Crippen molar-refractivity contribution in [3.05, 3.63) is 71.0 Å². The fourth-order valence-electron chi connectivity index (χ4n) is 2.54. The van der Waals surface area contributed by atoms with E-state index in [1.807, 2.05) is 5.38 Å². The number of nitrogens with zero attached hydrogens (tertiary/aromatic N) is 1. The van der Waals surface area contributed by atoms with Crippen LogP contribution in [0.15, 0.2) is 53.9 Å². The minimum absolute atomic E-state index is 0.140. The van der Waals surface area contributed by atoms with Crippen molar-refractivity contribution in [1.29, 1.82) is 0 Å². The van der Waals surface area contributed by atoms with Crippen LogP contribution in [0.3, 0.4) is 0 Å². The van der Waals surface area contributed by atoms with E-state index in [0.29, 0.717) is 36.0 Å². The molecule has 0 saturated carbocycles. The van der Waals surface area contributed by atoms with Gasteiger partial charge in [-0.15, -0.1) is 11.3 Å². The lowest BCUT2D eigenvalue weighted by atomic mass is 10.1. The monoisotopic (exact) mass is 367 g/mol. The first-order chi connectivity index (χ1) is 12.7. The van der Waals surface area contributed by atoms with E-state index in [1.165, 1.54) is 29.5 Å². The number of ether oxygens (including phenoxy) is 2. The van der Waals surface area contributed by atoms with Crippen molar-refractivity contribution in [1.82, 2.24) is 4.98 Å². The maximum atomic E-state index is 13.0. The Morgan fingerprint density at radius 2 is 1.85 bits per heavy atom. The molecule has 0 fully saturated rings. The van der Waals surface area contributed by atoms with E-state index in [0.717, 1.165) is 10.6 Å². The van der Waals surface area contributed by atoms with Crippen LogP contribution in [-0.4, -0.2) is 24.0 Å². The molecule has 2 aromatic carbocycles. The van der Waals surface area contributed by atoms with Crippen LogP contribution in [0.4, 0.5) is 4.39 Å². The summed E-state index contributed by atoms with van der Waals surface area (Å²) >= 11 is 1.44. The van der Waals surface area contributed by atoms with Crippen molar-refractivity contribution in [3.63, 3.8) is 0 Å². The Hall–Kier alpha value is -2.99. The van der Waals surface area contributed by atoms with E-state index < -0.39 is 0 Å². The summed E-state index contributed by atoms with van der Waals surface area (Å²) in [5, 5.41) is 2.63. The third-order valence-electron chi connectivity index (χ3n) is 3.85. The zero-order valence-electron chi connectivity index (χ0n) is 13.6. The van der Waals surface area contributed by atoms with E-state index in [-0.39, 0.29) is 11.6 Å². The van der Waals surface area contributed by atoms with E-state index in [1.54, 1.807) is 36.4 Å². The number of hydrogen-bond donors (Lipinski definition) is 0. The highest BCUT2D eigenvalue weighted by molar-refractivity contribution is 7.13. The molecule has 0 radical (unpaired) electrons. The summed E-state index contributed by atoms with van der Waals surface area (Å²) in [5.41, 5.74) is 2.05. The lowest BCUT2D eigenvalue weighted by molar-refractivity contribution is 0.104. The number of rotatable bonds is 4. The summed E-state index contributed by atoms with van der Waals surface area (Å²) in [6.07, 6.45) is 3.15.